The van der Waals surface area contributed by atoms with Crippen LogP contribution in [0.25, 0.3) is 33.3 Å². The minimum Gasteiger partial charge on any atom is -0.351 e. The Bertz CT molecular complexity index is 1160. The first-order valence-electron chi connectivity index (χ1n) is 9.05. The van der Waals surface area contributed by atoms with Crippen molar-refractivity contribution in [2.24, 2.45) is 0 Å². The summed E-state index contributed by atoms with van der Waals surface area (Å²) in [4.78, 5) is 12.0. The zero-order chi connectivity index (χ0) is 19.3. The lowest BCUT2D eigenvalue weighted by atomic mass is 10.0. The summed E-state index contributed by atoms with van der Waals surface area (Å²) < 4.78 is 0. The van der Waals surface area contributed by atoms with E-state index >= 15 is 0 Å². The molecule has 0 spiro atoms. The van der Waals surface area contributed by atoms with Gasteiger partial charge in [-0.05, 0) is 29.0 Å². The monoisotopic (exact) mass is 366 g/mol. The van der Waals surface area contributed by atoms with Gasteiger partial charge in [0.25, 0.3) is 5.91 Å². The van der Waals surface area contributed by atoms with Crippen molar-refractivity contribution in [3.05, 3.63) is 78.4 Å². The summed E-state index contributed by atoms with van der Waals surface area (Å²) in [5.41, 5.74) is 4.36. The third-order valence-electron chi connectivity index (χ3n) is 4.62. The van der Waals surface area contributed by atoms with Crippen LogP contribution in [0, 0.1) is 11.3 Å². The van der Waals surface area contributed by atoms with Crippen LogP contribution < -0.4 is 5.32 Å². The van der Waals surface area contributed by atoms with Crippen LogP contribution in [-0.2, 0) is 0 Å². The maximum absolute atomic E-state index is 12.0. The van der Waals surface area contributed by atoms with Crippen LogP contribution >= 0.6 is 0 Å². The molecular formula is C23H18N4O. The lowest BCUT2D eigenvalue weighted by Crippen LogP contribution is -2.24. The van der Waals surface area contributed by atoms with E-state index in [0.29, 0.717) is 18.5 Å². The Morgan fingerprint density at radius 3 is 2.64 bits per heavy atom. The number of fused-ring (bicyclic) bond motifs is 1. The molecule has 3 aromatic carbocycles. The molecule has 0 aliphatic heterocycles. The minimum absolute atomic E-state index is 0.180. The van der Waals surface area contributed by atoms with Gasteiger partial charge in [-0.3, -0.25) is 9.89 Å². The van der Waals surface area contributed by atoms with Crippen LogP contribution in [0.3, 0.4) is 0 Å². The van der Waals surface area contributed by atoms with Crippen molar-refractivity contribution in [3.63, 3.8) is 0 Å². The molecule has 0 bridgehead atoms. The molecule has 0 radical (unpaired) electrons. The predicted octanol–water partition coefficient (Wildman–Crippen LogP) is 4.54. The zero-order valence-electron chi connectivity index (χ0n) is 15.1. The highest BCUT2D eigenvalue weighted by Gasteiger charge is 2.10. The summed E-state index contributed by atoms with van der Waals surface area (Å²) in [6.07, 6.45) is 0.300. The molecule has 0 aliphatic carbocycles. The molecule has 0 saturated heterocycles. The number of H-pyrrole nitrogens is 1. The Morgan fingerprint density at radius 2 is 1.82 bits per heavy atom. The molecule has 0 unspecified atom stereocenters. The molecule has 28 heavy (non-hydrogen) atoms. The highest BCUT2D eigenvalue weighted by molar-refractivity contribution is 5.96. The molecule has 5 nitrogen and oxygen atoms in total. The molecule has 2 N–H and O–H groups in total. The van der Waals surface area contributed by atoms with Gasteiger partial charge in [-0.25, -0.2) is 0 Å². The van der Waals surface area contributed by atoms with Crippen molar-refractivity contribution >= 4 is 16.7 Å². The standard InChI is InChI=1S/C23H18N4O/c24-13-4-14-25-23(28)18-11-9-17(10-12-18)21-15-22(27-26-21)20-8-3-6-16-5-1-2-7-19(16)20/h1-3,5-12,15H,4,14H2,(H,25,28)(H,26,27). The number of hydrogen-bond donors (Lipinski definition) is 2. The van der Waals surface area contributed by atoms with Crippen molar-refractivity contribution in [2.45, 2.75) is 6.42 Å². The number of aromatic amines is 1. The molecule has 0 aliphatic rings. The topological polar surface area (TPSA) is 81.6 Å². The second-order valence-electron chi connectivity index (χ2n) is 6.43. The van der Waals surface area contributed by atoms with Gasteiger partial charge in [0.15, 0.2) is 0 Å². The first-order valence-corrected chi connectivity index (χ1v) is 9.05. The van der Waals surface area contributed by atoms with Gasteiger partial charge in [0.05, 0.1) is 23.9 Å². The van der Waals surface area contributed by atoms with Crippen molar-refractivity contribution in [1.82, 2.24) is 15.5 Å². The van der Waals surface area contributed by atoms with Gasteiger partial charge >= 0.3 is 0 Å². The number of carbonyl (C=O) groups is 1. The van der Waals surface area contributed by atoms with E-state index in [4.69, 9.17) is 5.26 Å². The third kappa shape index (κ3) is 3.49. The first kappa shape index (κ1) is 17.5. The molecule has 0 saturated carbocycles. The van der Waals surface area contributed by atoms with Gasteiger partial charge < -0.3 is 5.32 Å². The van der Waals surface area contributed by atoms with E-state index in [-0.39, 0.29) is 5.91 Å². The number of aromatic nitrogens is 2. The van der Waals surface area contributed by atoms with Gasteiger partial charge in [-0.2, -0.15) is 10.4 Å². The SMILES string of the molecule is N#CCCNC(=O)c1ccc(-c2cc(-c3cccc4ccccc34)[nH]n2)cc1. The Balaban J connectivity index is 1.58. The van der Waals surface area contributed by atoms with Crippen LogP contribution in [0.1, 0.15) is 16.8 Å². The molecule has 5 heteroatoms. The number of carbonyl (C=O) groups excluding carboxylic acids is 1. The summed E-state index contributed by atoms with van der Waals surface area (Å²) in [6.45, 7) is 0.352. The van der Waals surface area contributed by atoms with Gasteiger partial charge in [0.2, 0.25) is 0 Å². The average molecular weight is 366 g/mol. The Kier molecular flexibility index (Phi) is 4.85. The molecule has 1 amide bonds. The van der Waals surface area contributed by atoms with Crippen molar-refractivity contribution in [1.29, 1.82) is 5.26 Å². The molecular weight excluding hydrogens is 348 g/mol. The summed E-state index contributed by atoms with van der Waals surface area (Å²) >= 11 is 0. The predicted molar refractivity (Wildman–Crippen MR) is 110 cm³/mol. The van der Waals surface area contributed by atoms with Crippen LogP contribution in [0.4, 0.5) is 0 Å². The smallest absolute Gasteiger partial charge is 0.251 e. The second-order valence-corrected chi connectivity index (χ2v) is 6.43. The Hall–Kier alpha value is -3.91. The number of rotatable bonds is 5. The first-order chi connectivity index (χ1) is 13.8. The summed E-state index contributed by atoms with van der Waals surface area (Å²) in [7, 11) is 0. The van der Waals surface area contributed by atoms with Gasteiger partial charge in [0.1, 0.15) is 0 Å². The number of amides is 1. The molecule has 1 aromatic heterocycles. The maximum atomic E-state index is 12.0. The molecule has 4 aromatic rings. The largest absolute Gasteiger partial charge is 0.351 e. The number of hydrogen-bond acceptors (Lipinski definition) is 3. The van der Waals surface area contributed by atoms with Gasteiger partial charge in [-0.1, -0.05) is 54.6 Å². The fraction of sp³-hybridized carbons (Fsp3) is 0.0870. The number of nitriles is 1. The highest BCUT2D eigenvalue weighted by atomic mass is 16.1. The third-order valence-corrected chi connectivity index (χ3v) is 4.62. The number of benzene rings is 3. The van der Waals surface area contributed by atoms with Crippen molar-refractivity contribution < 1.29 is 4.79 Å². The number of nitrogens with zero attached hydrogens (tertiary/aromatic N) is 2. The van der Waals surface area contributed by atoms with Crippen LogP contribution in [0.5, 0.6) is 0 Å². The molecule has 0 fully saturated rings. The van der Waals surface area contributed by atoms with Crippen LogP contribution in [0.15, 0.2) is 72.8 Å². The quantitative estimate of drug-likeness (QED) is 0.509. The zero-order valence-corrected chi connectivity index (χ0v) is 15.1. The highest BCUT2D eigenvalue weighted by Crippen LogP contribution is 2.29. The summed E-state index contributed by atoms with van der Waals surface area (Å²) in [6, 6.07) is 25.8. The van der Waals surface area contributed by atoms with Crippen LogP contribution in [0.2, 0.25) is 0 Å². The fourth-order valence-corrected chi connectivity index (χ4v) is 3.19. The van der Waals surface area contributed by atoms with E-state index in [9.17, 15) is 4.79 Å². The van der Waals surface area contributed by atoms with E-state index in [0.717, 1.165) is 22.5 Å². The minimum atomic E-state index is -0.180. The molecule has 1 heterocycles. The maximum Gasteiger partial charge on any atom is 0.251 e. The fourth-order valence-electron chi connectivity index (χ4n) is 3.19. The van der Waals surface area contributed by atoms with Gasteiger partial charge in [-0.15, -0.1) is 0 Å². The lowest BCUT2D eigenvalue weighted by molar-refractivity contribution is 0.0954. The van der Waals surface area contributed by atoms with Crippen LogP contribution in [-0.4, -0.2) is 22.6 Å². The van der Waals surface area contributed by atoms with E-state index in [1.54, 1.807) is 12.1 Å². The second kappa shape index (κ2) is 7.77. The number of nitrogens with one attached hydrogen (secondary N) is 2. The van der Waals surface area contributed by atoms with E-state index in [1.807, 2.05) is 42.5 Å². The normalized spacial score (nSPS) is 10.5. The Morgan fingerprint density at radius 1 is 1.04 bits per heavy atom. The summed E-state index contributed by atoms with van der Waals surface area (Å²) in [5.74, 6) is -0.180. The van der Waals surface area contributed by atoms with E-state index in [2.05, 4.69) is 39.8 Å². The average Bonchev–Trinajstić information content (AvgIpc) is 3.23. The molecule has 136 valence electrons. The van der Waals surface area contributed by atoms with Gasteiger partial charge in [0, 0.05) is 23.2 Å². The lowest BCUT2D eigenvalue weighted by Gasteiger charge is -2.04. The summed E-state index contributed by atoms with van der Waals surface area (Å²) in [5, 5.41) is 21.2. The Labute approximate surface area is 162 Å². The van der Waals surface area contributed by atoms with E-state index < -0.39 is 0 Å². The molecule has 0 atom stereocenters. The molecule has 4 rings (SSSR count). The van der Waals surface area contributed by atoms with Crippen molar-refractivity contribution in [2.75, 3.05) is 6.54 Å². The van der Waals surface area contributed by atoms with Crippen molar-refractivity contribution in [3.8, 4) is 28.6 Å². The van der Waals surface area contributed by atoms with E-state index in [1.165, 1.54) is 10.8 Å².